The van der Waals surface area contributed by atoms with E-state index in [0.29, 0.717) is 6.54 Å². The number of carbonyl (C=O) groups is 3. The molecular weight excluding hydrogens is 398 g/mol. The fourth-order valence-corrected chi connectivity index (χ4v) is 3.12. The molecule has 0 radical (unpaired) electrons. The second kappa shape index (κ2) is 13.0. The minimum atomic E-state index is -1.60. The van der Waals surface area contributed by atoms with Crippen molar-refractivity contribution in [1.29, 1.82) is 0 Å². The van der Waals surface area contributed by atoms with Gasteiger partial charge >= 0.3 is 12.1 Å². The highest BCUT2D eigenvalue weighted by molar-refractivity contribution is 5.84. The summed E-state index contributed by atoms with van der Waals surface area (Å²) in [7, 11) is 0. The van der Waals surface area contributed by atoms with Gasteiger partial charge in [0, 0.05) is 13.5 Å². The number of ether oxygens (including phenoxy) is 2. The average molecular weight is 431 g/mol. The van der Waals surface area contributed by atoms with Gasteiger partial charge in [-0.1, -0.05) is 32.6 Å². The van der Waals surface area contributed by atoms with Crippen LogP contribution in [0.25, 0.3) is 0 Å². The molecule has 5 atom stereocenters. The highest BCUT2D eigenvalue weighted by Gasteiger charge is 2.45. The zero-order valence-electron chi connectivity index (χ0n) is 17.4. The van der Waals surface area contributed by atoms with E-state index in [1.165, 1.54) is 6.92 Å². The van der Waals surface area contributed by atoms with Crippen LogP contribution in [0.15, 0.2) is 11.8 Å². The topological polar surface area (TPSA) is 180 Å². The molecule has 0 bridgehead atoms. The van der Waals surface area contributed by atoms with Gasteiger partial charge in [0.25, 0.3) is 0 Å². The predicted molar refractivity (Wildman–Crippen MR) is 106 cm³/mol. The molecule has 0 saturated carbocycles. The van der Waals surface area contributed by atoms with Crippen LogP contribution >= 0.6 is 0 Å². The third-order valence-corrected chi connectivity index (χ3v) is 4.64. The molecule has 0 fully saturated rings. The molecule has 2 amide bonds. The Morgan fingerprint density at radius 2 is 1.93 bits per heavy atom. The van der Waals surface area contributed by atoms with Gasteiger partial charge in [0.2, 0.25) is 11.7 Å². The molecule has 11 nitrogen and oxygen atoms in total. The number of carboxylic acids is 1. The summed E-state index contributed by atoms with van der Waals surface area (Å²) in [6.45, 7) is 2.89. The first-order valence-corrected chi connectivity index (χ1v) is 10.1. The van der Waals surface area contributed by atoms with Crippen molar-refractivity contribution in [3.8, 4) is 0 Å². The van der Waals surface area contributed by atoms with Crippen molar-refractivity contribution < 1.29 is 39.2 Å². The lowest BCUT2D eigenvalue weighted by molar-refractivity contribution is -0.146. The summed E-state index contributed by atoms with van der Waals surface area (Å²) in [5.41, 5.74) is 5.96. The van der Waals surface area contributed by atoms with Crippen molar-refractivity contribution in [2.24, 2.45) is 5.73 Å². The molecule has 11 heteroatoms. The summed E-state index contributed by atoms with van der Waals surface area (Å²) >= 11 is 0. The van der Waals surface area contributed by atoms with Crippen LogP contribution in [0.1, 0.15) is 46.0 Å². The molecule has 0 aromatic carbocycles. The molecule has 1 heterocycles. The first-order chi connectivity index (χ1) is 14.2. The molecule has 0 aromatic rings. The van der Waals surface area contributed by atoms with E-state index in [2.05, 4.69) is 17.6 Å². The lowest BCUT2D eigenvalue weighted by Crippen LogP contribution is -2.63. The van der Waals surface area contributed by atoms with Crippen LogP contribution in [0, 0.1) is 0 Å². The predicted octanol–water partition coefficient (Wildman–Crippen LogP) is -0.396. The Morgan fingerprint density at radius 3 is 2.50 bits per heavy atom. The monoisotopic (exact) mass is 431 g/mol. The Bertz CT molecular complexity index is 613. The third-order valence-electron chi connectivity index (χ3n) is 4.64. The van der Waals surface area contributed by atoms with E-state index in [0.717, 1.165) is 38.2 Å². The van der Waals surface area contributed by atoms with Gasteiger partial charge in [0.1, 0.15) is 6.10 Å². The maximum atomic E-state index is 12.2. The number of hydrogen-bond donors (Lipinski definition) is 6. The first kappa shape index (κ1) is 25.7. The zero-order valence-corrected chi connectivity index (χ0v) is 17.4. The van der Waals surface area contributed by atoms with Gasteiger partial charge in [-0.2, -0.15) is 0 Å². The minimum Gasteiger partial charge on any atom is -0.477 e. The van der Waals surface area contributed by atoms with E-state index in [-0.39, 0.29) is 0 Å². The van der Waals surface area contributed by atoms with E-state index >= 15 is 0 Å². The molecule has 1 rings (SSSR count). The van der Waals surface area contributed by atoms with E-state index in [1.807, 2.05) is 0 Å². The van der Waals surface area contributed by atoms with Gasteiger partial charge in [-0.25, -0.2) is 9.59 Å². The van der Waals surface area contributed by atoms with Gasteiger partial charge < -0.3 is 41.2 Å². The number of alkyl carbamates (subject to hydrolysis) is 1. The van der Waals surface area contributed by atoms with E-state index < -0.39 is 60.7 Å². The number of aliphatic carboxylic acids is 1. The fourth-order valence-electron chi connectivity index (χ4n) is 3.12. The molecule has 2 unspecified atom stereocenters. The number of nitrogens with one attached hydrogen (secondary N) is 2. The second-order valence-electron chi connectivity index (χ2n) is 7.18. The van der Waals surface area contributed by atoms with Gasteiger partial charge in [0.05, 0.1) is 18.7 Å². The first-order valence-electron chi connectivity index (χ1n) is 10.1. The Morgan fingerprint density at radius 1 is 1.27 bits per heavy atom. The van der Waals surface area contributed by atoms with Gasteiger partial charge in [-0.15, -0.1) is 0 Å². The number of rotatable bonds is 12. The summed E-state index contributed by atoms with van der Waals surface area (Å²) in [6.07, 6.45) is 0.768. The molecule has 1 aliphatic rings. The van der Waals surface area contributed by atoms with Crippen molar-refractivity contribution in [3.63, 3.8) is 0 Å². The molecule has 0 spiro atoms. The van der Waals surface area contributed by atoms with Gasteiger partial charge in [-0.3, -0.25) is 4.79 Å². The molecule has 0 aromatic heterocycles. The van der Waals surface area contributed by atoms with Crippen LogP contribution < -0.4 is 16.4 Å². The highest BCUT2D eigenvalue weighted by atomic mass is 16.6. The Balaban J connectivity index is 2.89. The molecule has 7 N–H and O–H groups in total. The van der Waals surface area contributed by atoms with Crippen molar-refractivity contribution in [1.82, 2.24) is 10.6 Å². The summed E-state index contributed by atoms with van der Waals surface area (Å²) in [6, 6.07) is -1.99. The zero-order chi connectivity index (χ0) is 22.7. The van der Waals surface area contributed by atoms with Crippen LogP contribution in [0.5, 0.6) is 0 Å². The number of carboxylic acid groups (broad SMARTS) is 1. The molecule has 0 saturated heterocycles. The standard InChI is InChI=1S/C19H33N3O8/c1-3-4-5-6-7-8-21-19(28)30-16(13(25)10-23)17-15(22-11(2)24)12(20)9-14(29-17)18(26)27/h9,12-13,15-17,23,25H,3-8,10,20H2,1-2H3,(H,21,28)(H,22,24)(H,26,27)/t12-,13?,15+,16?,17+/m0/s1. The summed E-state index contributed by atoms with van der Waals surface area (Å²) < 4.78 is 10.6. The van der Waals surface area contributed by atoms with Crippen molar-refractivity contribution >= 4 is 18.0 Å². The maximum Gasteiger partial charge on any atom is 0.407 e. The average Bonchev–Trinajstić information content (AvgIpc) is 2.69. The van der Waals surface area contributed by atoms with Crippen molar-refractivity contribution in [3.05, 3.63) is 11.8 Å². The second-order valence-corrected chi connectivity index (χ2v) is 7.18. The fraction of sp³-hybridized carbons (Fsp3) is 0.737. The van der Waals surface area contributed by atoms with Crippen LogP contribution in [0.2, 0.25) is 0 Å². The Hall–Kier alpha value is -2.37. The largest absolute Gasteiger partial charge is 0.477 e. The van der Waals surface area contributed by atoms with E-state index in [4.69, 9.17) is 15.2 Å². The van der Waals surface area contributed by atoms with Crippen LogP contribution in [0.4, 0.5) is 4.79 Å². The van der Waals surface area contributed by atoms with Crippen LogP contribution in [-0.2, 0) is 19.1 Å². The number of nitrogens with two attached hydrogens (primary N) is 1. The highest BCUT2D eigenvalue weighted by Crippen LogP contribution is 2.24. The molecule has 172 valence electrons. The summed E-state index contributed by atoms with van der Waals surface area (Å²) in [5.74, 6) is -2.40. The number of unbranched alkanes of at least 4 members (excludes halogenated alkanes) is 4. The summed E-state index contributed by atoms with van der Waals surface area (Å²) in [4.78, 5) is 35.1. The Kier molecular flexibility index (Phi) is 11.2. The van der Waals surface area contributed by atoms with Gasteiger partial charge in [-0.05, 0) is 12.5 Å². The molecule has 30 heavy (non-hydrogen) atoms. The number of aliphatic hydroxyl groups excluding tert-OH is 2. The molecule has 1 aliphatic heterocycles. The summed E-state index contributed by atoms with van der Waals surface area (Å²) in [5, 5.41) is 33.9. The third kappa shape index (κ3) is 8.17. The lowest BCUT2D eigenvalue weighted by Gasteiger charge is -2.39. The quantitative estimate of drug-likeness (QED) is 0.224. The van der Waals surface area contributed by atoms with Crippen molar-refractivity contribution in [2.75, 3.05) is 13.2 Å². The Labute approximate surface area is 175 Å². The minimum absolute atomic E-state index is 0.352. The molecule has 0 aliphatic carbocycles. The van der Waals surface area contributed by atoms with Crippen molar-refractivity contribution in [2.45, 2.75) is 76.3 Å². The van der Waals surface area contributed by atoms with Gasteiger partial charge in [0.15, 0.2) is 12.2 Å². The number of amides is 2. The smallest absolute Gasteiger partial charge is 0.407 e. The lowest BCUT2D eigenvalue weighted by atomic mass is 9.92. The molecular formula is C19H33N3O8. The van der Waals surface area contributed by atoms with Crippen LogP contribution in [0.3, 0.4) is 0 Å². The SMILES string of the molecule is CCCCCCCNC(=O)OC(C(O)CO)[C@@H]1OC(C(=O)O)=C[C@H](N)[C@H]1NC(C)=O. The number of aliphatic hydroxyl groups is 2. The number of hydrogen-bond acceptors (Lipinski definition) is 8. The number of carbonyl (C=O) groups excluding carboxylic acids is 2. The van der Waals surface area contributed by atoms with E-state index in [1.54, 1.807) is 0 Å². The maximum absolute atomic E-state index is 12.2. The van der Waals surface area contributed by atoms with E-state index in [9.17, 15) is 29.7 Å². The normalized spacial score (nSPS) is 22.8. The van der Waals surface area contributed by atoms with Crippen LogP contribution in [-0.4, -0.2) is 76.8 Å².